The van der Waals surface area contributed by atoms with E-state index in [4.69, 9.17) is 9.84 Å². The summed E-state index contributed by atoms with van der Waals surface area (Å²) in [7, 11) is 1.60. The van der Waals surface area contributed by atoms with Crippen molar-refractivity contribution in [3.05, 3.63) is 89.4 Å². The minimum atomic E-state index is -0.270. The highest BCUT2D eigenvalue weighted by molar-refractivity contribution is 6.00. The fourth-order valence-corrected chi connectivity index (χ4v) is 5.04. The number of aryl methyl sites for hydroxylation is 1. The van der Waals surface area contributed by atoms with Crippen LogP contribution < -0.4 is 5.32 Å². The molecular weight excluding hydrogens is 483 g/mol. The van der Waals surface area contributed by atoms with E-state index in [1.807, 2.05) is 59.1 Å². The van der Waals surface area contributed by atoms with Gasteiger partial charge in [0.15, 0.2) is 0 Å². The van der Waals surface area contributed by atoms with Crippen LogP contribution in [0.3, 0.4) is 0 Å². The van der Waals surface area contributed by atoms with Crippen molar-refractivity contribution >= 4 is 22.7 Å². The maximum atomic E-state index is 13.2. The Morgan fingerprint density at radius 2 is 1.76 bits per heavy atom. The monoisotopic (exact) mass is 514 g/mol. The van der Waals surface area contributed by atoms with Crippen LogP contribution >= 0.6 is 0 Å². The van der Waals surface area contributed by atoms with Gasteiger partial charge < -0.3 is 15.0 Å². The lowest BCUT2D eigenvalue weighted by Gasteiger charge is -2.17. The summed E-state index contributed by atoms with van der Waals surface area (Å²) >= 11 is 0. The maximum absolute atomic E-state index is 13.2. The molecule has 38 heavy (non-hydrogen) atoms. The summed E-state index contributed by atoms with van der Waals surface area (Å²) < 4.78 is 20.1. The molecule has 0 aliphatic carbocycles. The molecule has 1 atom stereocenters. The second-order valence-electron chi connectivity index (χ2n) is 9.76. The molecule has 196 valence electrons. The number of carbonyl (C=O) groups excluding carboxylic acids is 2. The van der Waals surface area contributed by atoms with Crippen LogP contribution in [-0.4, -0.2) is 59.8 Å². The molecule has 0 radical (unpaired) electrons. The van der Waals surface area contributed by atoms with E-state index in [0.717, 1.165) is 34.0 Å². The smallest absolute Gasteiger partial charge is 0.253 e. The van der Waals surface area contributed by atoms with Crippen LogP contribution in [0.2, 0.25) is 0 Å². The van der Waals surface area contributed by atoms with Gasteiger partial charge in [-0.1, -0.05) is 24.3 Å². The van der Waals surface area contributed by atoms with Crippen molar-refractivity contribution in [3.8, 4) is 11.1 Å². The molecule has 1 saturated heterocycles. The number of rotatable bonds is 8. The van der Waals surface area contributed by atoms with E-state index in [9.17, 15) is 14.0 Å². The lowest BCUT2D eigenvalue weighted by Crippen LogP contribution is -2.29. The van der Waals surface area contributed by atoms with Gasteiger partial charge in [-0.05, 0) is 72.4 Å². The van der Waals surface area contributed by atoms with Crippen molar-refractivity contribution in [2.45, 2.75) is 19.9 Å². The molecule has 8 heteroatoms. The fourth-order valence-electron chi connectivity index (χ4n) is 5.04. The standard InChI is InChI=1S/C30H31FN4O3/c1-20-26(29(36)32-14-16-38-2)11-12-28-27(20)19-35(33-28)18-21-13-15-34(17-21)30(37)24-5-3-22(4-6-24)23-7-9-25(31)10-8-23/h3-12,19,21H,13-18H2,1-2H3,(H,32,36). The maximum Gasteiger partial charge on any atom is 0.253 e. The molecule has 1 fully saturated rings. The molecule has 1 aliphatic heterocycles. The molecule has 2 amide bonds. The van der Waals surface area contributed by atoms with E-state index in [0.29, 0.717) is 49.8 Å². The number of fused-ring (bicyclic) bond motifs is 1. The number of hydrogen-bond acceptors (Lipinski definition) is 4. The third kappa shape index (κ3) is 5.45. The fraction of sp³-hybridized carbons (Fsp3) is 0.300. The molecule has 5 rings (SSSR count). The first-order chi connectivity index (χ1) is 18.4. The van der Waals surface area contributed by atoms with Crippen molar-refractivity contribution in [2.75, 3.05) is 33.4 Å². The van der Waals surface area contributed by atoms with Crippen LogP contribution in [0.15, 0.2) is 66.9 Å². The van der Waals surface area contributed by atoms with Crippen LogP contribution in [0.1, 0.15) is 32.7 Å². The molecule has 1 aromatic heterocycles. The van der Waals surface area contributed by atoms with Crippen molar-refractivity contribution in [1.82, 2.24) is 20.0 Å². The Morgan fingerprint density at radius 3 is 2.47 bits per heavy atom. The van der Waals surface area contributed by atoms with Gasteiger partial charge >= 0.3 is 0 Å². The molecular formula is C30H31FN4O3. The first-order valence-corrected chi connectivity index (χ1v) is 12.8. The Balaban J connectivity index is 1.21. The molecule has 1 unspecified atom stereocenters. The number of nitrogens with one attached hydrogen (secondary N) is 1. The predicted molar refractivity (Wildman–Crippen MR) is 145 cm³/mol. The van der Waals surface area contributed by atoms with E-state index < -0.39 is 0 Å². The zero-order chi connectivity index (χ0) is 26.6. The summed E-state index contributed by atoms with van der Waals surface area (Å²) in [6.07, 6.45) is 2.90. The van der Waals surface area contributed by atoms with Gasteiger partial charge in [0, 0.05) is 56.0 Å². The third-order valence-corrected chi connectivity index (χ3v) is 7.17. The Bertz CT molecular complexity index is 1450. The second kappa shape index (κ2) is 11.1. The normalized spacial score (nSPS) is 15.2. The number of carbonyl (C=O) groups is 2. The molecule has 0 spiro atoms. The van der Waals surface area contributed by atoms with Crippen LogP contribution in [0, 0.1) is 18.7 Å². The van der Waals surface area contributed by atoms with Crippen LogP contribution in [-0.2, 0) is 11.3 Å². The van der Waals surface area contributed by atoms with E-state index in [1.54, 1.807) is 19.2 Å². The topological polar surface area (TPSA) is 76.5 Å². The predicted octanol–water partition coefficient (Wildman–Crippen LogP) is 4.69. The molecule has 7 nitrogen and oxygen atoms in total. The van der Waals surface area contributed by atoms with E-state index >= 15 is 0 Å². The number of methoxy groups -OCH3 is 1. The molecule has 1 N–H and O–H groups in total. The van der Waals surface area contributed by atoms with Gasteiger partial charge in [0.2, 0.25) is 0 Å². The van der Waals surface area contributed by atoms with Gasteiger partial charge in [0.25, 0.3) is 11.8 Å². The van der Waals surface area contributed by atoms with Crippen LogP contribution in [0.4, 0.5) is 4.39 Å². The summed E-state index contributed by atoms with van der Waals surface area (Å²) in [6.45, 7) is 4.94. The van der Waals surface area contributed by atoms with E-state index in [2.05, 4.69) is 5.32 Å². The summed E-state index contributed by atoms with van der Waals surface area (Å²) in [5.41, 5.74) is 4.88. The number of halogens is 1. The van der Waals surface area contributed by atoms with Gasteiger partial charge in [-0.2, -0.15) is 5.10 Å². The Kier molecular flexibility index (Phi) is 7.51. The first kappa shape index (κ1) is 25.6. The number of amides is 2. The van der Waals surface area contributed by atoms with Crippen molar-refractivity contribution < 1.29 is 18.7 Å². The zero-order valence-electron chi connectivity index (χ0n) is 21.6. The second-order valence-corrected chi connectivity index (χ2v) is 9.76. The molecule has 2 heterocycles. The highest BCUT2D eigenvalue weighted by Crippen LogP contribution is 2.25. The SMILES string of the molecule is COCCNC(=O)c1ccc2nn(CC3CCN(C(=O)c4ccc(-c5ccc(F)cc5)cc4)C3)cc2c1C. The van der Waals surface area contributed by atoms with Crippen molar-refractivity contribution in [2.24, 2.45) is 5.92 Å². The summed E-state index contributed by atoms with van der Waals surface area (Å²) in [5.74, 6) is -0.0779. The van der Waals surface area contributed by atoms with Gasteiger partial charge in [-0.15, -0.1) is 0 Å². The Labute approximate surface area is 221 Å². The molecule has 3 aromatic carbocycles. The van der Waals surface area contributed by atoms with E-state index in [1.165, 1.54) is 12.1 Å². The molecule has 1 aliphatic rings. The summed E-state index contributed by atoms with van der Waals surface area (Å²) in [4.78, 5) is 27.6. The summed E-state index contributed by atoms with van der Waals surface area (Å²) in [5, 5.41) is 8.55. The van der Waals surface area contributed by atoms with Crippen molar-refractivity contribution in [1.29, 1.82) is 0 Å². The zero-order valence-corrected chi connectivity index (χ0v) is 21.6. The number of likely N-dealkylation sites (tertiary alicyclic amines) is 1. The lowest BCUT2D eigenvalue weighted by molar-refractivity contribution is 0.0785. The number of hydrogen-bond donors (Lipinski definition) is 1. The Morgan fingerprint density at radius 1 is 1.05 bits per heavy atom. The van der Waals surface area contributed by atoms with Crippen LogP contribution in [0.5, 0.6) is 0 Å². The largest absolute Gasteiger partial charge is 0.383 e. The Hall–Kier alpha value is -4.04. The average Bonchev–Trinajstić information content (AvgIpc) is 3.57. The van der Waals surface area contributed by atoms with Gasteiger partial charge in [-0.3, -0.25) is 14.3 Å². The lowest BCUT2D eigenvalue weighted by atomic mass is 10.0. The summed E-state index contributed by atoms with van der Waals surface area (Å²) in [6, 6.07) is 17.5. The minimum absolute atomic E-state index is 0.0174. The quantitative estimate of drug-likeness (QED) is 0.346. The molecule has 4 aromatic rings. The molecule has 0 bridgehead atoms. The highest BCUT2D eigenvalue weighted by atomic mass is 19.1. The van der Waals surface area contributed by atoms with Crippen LogP contribution in [0.25, 0.3) is 22.0 Å². The van der Waals surface area contributed by atoms with E-state index in [-0.39, 0.29) is 17.6 Å². The van der Waals surface area contributed by atoms with Gasteiger partial charge in [-0.25, -0.2) is 4.39 Å². The van der Waals surface area contributed by atoms with Gasteiger partial charge in [0.05, 0.1) is 12.1 Å². The number of aromatic nitrogens is 2. The van der Waals surface area contributed by atoms with Crippen molar-refractivity contribution in [3.63, 3.8) is 0 Å². The molecule has 0 saturated carbocycles. The number of ether oxygens (including phenoxy) is 1. The first-order valence-electron chi connectivity index (χ1n) is 12.8. The highest BCUT2D eigenvalue weighted by Gasteiger charge is 2.27. The minimum Gasteiger partial charge on any atom is -0.383 e. The van der Waals surface area contributed by atoms with Gasteiger partial charge in [0.1, 0.15) is 5.82 Å². The number of benzene rings is 3. The average molecular weight is 515 g/mol. The third-order valence-electron chi connectivity index (χ3n) is 7.17. The number of nitrogens with zero attached hydrogens (tertiary/aromatic N) is 3.